The molecule has 0 unspecified atom stereocenters. The first-order valence-electron chi connectivity index (χ1n) is 4.97. The van der Waals surface area contributed by atoms with Gasteiger partial charge in [-0.05, 0) is 0 Å². The minimum atomic E-state index is -5.29. The summed E-state index contributed by atoms with van der Waals surface area (Å²) < 4.78 is 69.1. The van der Waals surface area contributed by atoms with Crippen molar-refractivity contribution in [2.75, 3.05) is 7.11 Å². The van der Waals surface area contributed by atoms with Crippen LogP contribution in [0.4, 0.5) is 22.0 Å². The maximum atomic E-state index is 12.6. The Morgan fingerprint density at radius 1 is 1.45 bits per heavy atom. The molecule has 0 saturated carbocycles. The van der Waals surface area contributed by atoms with E-state index in [1.165, 1.54) is 0 Å². The van der Waals surface area contributed by atoms with Crippen LogP contribution in [0.15, 0.2) is 6.20 Å². The number of aromatic hydroxyl groups is 1. The van der Waals surface area contributed by atoms with Crippen LogP contribution >= 0.6 is 0 Å². The number of aromatic nitrogens is 1. The van der Waals surface area contributed by atoms with E-state index in [1.54, 1.807) is 0 Å². The maximum Gasteiger partial charge on any atom is 0.573 e. The number of rotatable bonds is 4. The fourth-order valence-electron chi connectivity index (χ4n) is 1.25. The lowest BCUT2D eigenvalue weighted by Crippen LogP contribution is -2.19. The van der Waals surface area contributed by atoms with Crippen LogP contribution in [-0.4, -0.2) is 29.5 Å². The van der Waals surface area contributed by atoms with Crippen LogP contribution in [0.25, 0.3) is 0 Å². The molecular formula is C10H8F5NO4. The molecule has 10 heteroatoms. The molecule has 0 amide bonds. The zero-order valence-corrected chi connectivity index (χ0v) is 9.87. The summed E-state index contributed by atoms with van der Waals surface area (Å²) in [5, 5.41) is 9.50. The molecule has 0 aliphatic carbocycles. The van der Waals surface area contributed by atoms with Gasteiger partial charge in [0, 0.05) is 6.20 Å². The van der Waals surface area contributed by atoms with Crippen LogP contribution < -0.4 is 4.74 Å². The Labute approximate surface area is 108 Å². The molecule has 5 nitrogen and oxygen atoms in total. The van der Waals surface area contributed by atoms with Gasteiger partial charge in [-0.2, -0.15) is 0 Å². The Morgan fingerprint density at radius 3 is 2.50 bits per heavy atom. The molecule has 1 rings (SSSR count). The number of hydrogen-bond donors (Lipinski definition) is 1. The molecule has 1 N–H and O–H groups in total. The lowest BCUT2D eigenvalue weighted by atomic mass is 10.2. The average Bonchev–Trinajstić information content (AvgIpc) is 2.32. The van der Waals surface area contributed by atoms with Crippen LogP contribution in [0.5, 0.6) is 11.5 Å². The summed E-state index contributed by atoms with van der Waals surface area (Å²) in [7, 11) is 1.00. The first-order valence-corrected chi connectivity index (χ1v) is 4.97. The number of esters is 1. The zero-order valence-electron chi connectivity index (χ0n) is 9.87. The number of halogens is 5. The van der Waals surface area contributed by atoms with Gasteiger partial charge < -0.3 is 14.6 Å². The zero-order chi connectivity index (χ0) is 15.5. The summed E-state index contributed by atoms with van der Waals surface area (Å²) in [6.07, 6.45) is -8.94. The number of nitrogens with zero attached hydrogens (tertiary/aromatic N) is 1. The van der Waals surface area contributed by atoms with Crippen molar-refractivity contribution in [2.24, 2.45) is 0 Å². The Bertz CT molecular complexity index is 503. The van der Waals surface area contributed by atoms with Gasteiger partial charge in [0.15, 0.2) is 11.5 Å². The van der Waals surface area contributed by atoms with Crippen molar-refractivity contribution in [3.63, 3.8) is 0 Å². The van der Waals surface area contributed by atoms with Gasteiger partial charge in [0.25, 0.3) is 6.43 Å². The van der Waals surface area contributed by atoms with E-state index in [1.807, 2.05) is 0 Å². The second kappa shape index (κ2) is 5.88. The van der Waals surface area contributed by atoms with E-state index in [-0.39, 0.29) is 0 Å². The fourth-order valence-corrected chi connectivity index (χ4v) is 1.25. The highest BCUT2D eigenvalue weighted by atomic mass is 19.4. The van der Waals surface area contributed by atoms with Crippen molar-refractivity contribution < 1.29 is 41.3 Å². The minimum absolute atomic E-state index is 0.393. The normalized spacial score (nSPS) is 11.6. The monoisotopic (exact) mass is 301 g/mol. The van der Waals surface area contributed by atoms with Crippen molar-refractivity contribution in [2.45, 2.75) is 19.2 Å². The summed E-state index contributed by atoms with van der Waals surface area (Å²) in [4.78, 5) is 14.3. The highest BCUT2D eigenvalue weighted by Gasteiger charge is 2.36. The van der Waals surface area contributed by atoms with Gasteiger partial charge >= 0.3 is 12.3 Å². The third kappa shape index (κ3) is 3.93. The average molecular weight is 301 g/mol. The van der Waals surface area contributed by atoms with E-state index in [0.717, 1.165) is 7.11 Å². The molecule has 112 valence electrons. The Morgan fingerprint density at radius 2 is 2.05 bits per heavy atom. The summed E-state index contributed by atoms with van der Waals surface area (Å²) in [6, 6.07) is 0. The SMILES string of the molecule is COC(=O)Cc1ncc(C(F)F)c(OC(F)(F)F)c1O. The summed E-state index contributed by atoms with van der Waals surface area (Å²) in [6.45, 7) is 0. The second-order valence-corrected chi connectivity index (χ2v) is 3.44. The predicted molar refractivity (Wildman–Crippen MR) is 53.3 cm³/mol. The largest absolute Gasteiger partial charge is 0.573 e. The first kappa shape index (κ1) is 15.9. The third-order valence-corrected chi connectivity index (χ3v) is 2.10. The van der Waals surface area contributed by atoms with Crippen molar-refractivity contribution in [3.05, 3.63) is 17.5 Å². The molecule has 0 radical (unpaired) electrons. The Hall–Kier alpha value is -2.13. The van der Waals surface area contributed by atoms with Gasteiger partial charge in [-0.3, -0.25) is 9.78 Å². The smallest absolute Gasteiger partial charge is 0.503 e. The Balaban J connectivity index is 3.27. The molecule has 20 heavy (non-hydrogen) atoms. The number of hydrogen-bond acceptors (Lipinski definition) is 5. The quantitative estimate of drug-likeness (QED) is 0.683. The van der Waals surface area contributed by atoms with Gasteiger partial charge in [0.05, 0.1) is 24.8 Å². The fraction of sp³-hybridized carbons (Fsp3) is 0.400. The van der Waals surface area contributed by atoms with Gasteiger partial charge in [-0.15, -0.1) is 13.2 Å². The van der Waals surface area contributed by atoms with Crippen molar-refractivity contribution in [1.82, 2.24) is 4.98 Å². The number of ether oxygens (including phenoxy) is 2. The van der Waals surface area contributed by atoms with Crippen LogP contribution in [0.1, 0.15) is 17.7 Å². The number of methoxy groups -OCH3 is 1. The highest BCUT2D eigenvalue weighted by Crippen LogP contribution is 2.40. The molecule has 0 aliphatic rings. The summed E-state index contributed by atoms with van der Waals surface area (Å²) >= 11 is 0. The number of carbonyl (C=O) groups is 1. The van der Waals surface area contributed by atoms with E-state index in [4.69, 9.17) is 0 Å². The van der Waals surface area contributed by atoms with Gasteiger partial charge in [0.2, 0.25) is 0 Å². The van der Waals surface area contributed by atoms with Crippen molar-refractivity contribution in [1.29, 1.82) is 0 Å². The van der Waals surface area contributed by atoms with Crippen molar-refractivity contribution >= 4 is 5.97 Å². The van der Waals surface area contributed by atoms with Gasteiger partial charge in [-0.1, -0.05) is 0 Å². The van der Waals surface area contributed by atoms with Crippen LogP contribution in [0.2, 0.25) is 0 Å². The van der Waals surface area contributed by atoms with Crippen LogP contribution in [0, 0.1) is 0 Å². The standard InChI is InChI=1S/C10H8F5NO4/c1-19-6(17)2-5-7(18)8(20-10(13,14)15)4(3-16-5)9(11)12/h3,9,18H,2H2,1H3. The lowest BCUT2D eigenvalue weighted by molar-refractivity contribution is -0.275. The molecule has 1 aromatic heterocycles. The molecule has 0 aromatic carbocycles. The lowest BCUT2D eigenvalue weighted by Gasteiger charge is -2.15. The molecule has 1 aromatic rings. The van der Waals surface area contributed by atoms with E-state index < -0.39 is 47.9 Å². The van der Waals surface area contributed by atoms with Gasteiger partial charge in [-0.25, -0.2) is 8.78 Å². The maximum absolute atomic E-state index is 12.6. The van der Waals surface area contributed by atoms with Crippen LogP contribution in [0.3, 0.4) is 0 Å². The van der Waals surface area contributed by atoms with E-state index in [0.29, 0.717) is 6.20 Å². The molecule has 0 aliphatic heterocycles. The second-order valence-electron chi connectivity index (χ2n) is 3.44. The van der Waals surface area contributed by atoms with E-state index in [9.17, 15) is 31.9 Å². The van der Waals surface area contributed by atoms with E-state index in [2.05, 4.69) is 14.5 Å². The van der Waals surface area contributed by atoms with Crippen molar-refractivity contribution in [3.8, 4) is 11.5 Å². The van der Waals surface area contributed by atoms with Crippen LogP contribution in [-0.2, 0) is 16.0 Å². The summed E-state index contributed by atoms with van der Waals surface area (Å²) in [5.41, 5.74) is -1.81. The Kier molecular flexibility index (Phi) is 4.69. The third-order valence-electron chi connectivity index (χ3n) is 2.10. The summed E-state index contributed by atoms with van der Waals surface area (Å²) in [5.74, 6) is -3.69. The number of carbonyl (C=O) groups excluding carboxylic acids is 1. The molecular weight excluding hydrogens is 293 g/mol. The predicted octanol–water partition coefficient (Wildman–Crippen LogP) is 2.34. The first-order chi connectivity index (χ1) is 9.15. The number of pyridine rings is 1. The molecule has 0 fully saturated rings. The molecule has 0 bridgehead atoms. The number of alkyl halides is 5. The molecule has 1 heterocycles. The molecule has 0 atom stereocenters. The molecule has 0 saturated heterocycles. The van der Waals surface area contributed by atoms with E-state index >= 15 is 0 Å². The topological polar surface area (TPSA) is 68.7 Å². The van der Waals surface area contributed by atoms with Gasteiger partial charge in [0.1, 0.15) is 0 Å². The highest BCUT2D eigenvalue weighted by molar-refractivity contribution is 5.73. The minimum Gasteiger partial charge on any atom is -0.503 e. The molecule has 0 spiro atoms.